The maximum Gasteiger partial charge on any atom is 0.254 e. The number of alkyl halides is 2. The van der Waals surface area contributed by atoms with E-state index in [1.807, 2.05) is 0 Å². The van der Waals surface area contributed by atoms with Gasteiger partial charge in [0.2, 0.25) is 0 Å². The first-order chi connectivity index (χ1) is 7.35. The Balaban J connectivity index is 3.01. The average molecular weight is 249 g/mol. The highest BCUT2D eigenvalue weighted by Gasteiger charge is 2.23. The predicted octanol–water partition coefficient (Wildman–Crippen LogP) is 3.61. The van der Waals surface area contributed by atoms with Gasteiger partial charge in [-0.15, -0.1) is 11.8 Å². The summed E-state index contributed by atoms with van der Waals surface area (Å²) in [4.78, 5) is 3.39. The molecule has 0 saturated heterocycles. The van der Waals surface area contributed by atoms with Crippen LogP contribution in [-0.2, 0) is 0 Å². The summed E-state index contributed by atoms with van der Waals surface area (Å²) < 4.78 is 38.7. The van der Waals surface area contributed by atoms with Crippen molar-refractivity contribution in [3.8, 4) is 5.75 Å². The molecule has 0 radical (unpaired) electrons. The van der Waals surface area contributed by atoms with E-state index in [-0.39, 0.29) is 10.6 Å². The smallest absolute Gasteiger partial charge is 0.254 e. The maximum atomic E-state index is 13.4. The molecule has 0 saturated carbocycles. The van der Waals surface area contributed by atoms with Gasteiger partial charge >= 0.3 is 0 Å². The Morgan fingerprint density at radius 2 is 2.12 bits per heavy atom. The number of benzene rings is 1. The van der Waals surface area contributed by atoms with Gasteiger partial charge in [0.05, 0.1) is 16.3 Å². The number of nitrogens with zero attached hydrogens (tertiary/aromatic N) is 1. The van der Waals surface area contributed by atoms with E-state index in [1.54, 1.807) is 0 Å². The Morgan fingerprint density at radius 3 is 2.62 bits per heavy atom. The number of rotatable bonds is 4. The van der Waals surface area contributed by atoms with E-state index >= 15 is 0 Å². The third-order valence-electron chi connectivity index (χ3n) is 1.70. The summed E-state index contributed by atoms with van der Waals surface area (Å²) in [6.07, 6.45) is 0. The molecule has 0 atom stereocenters. The van der Waals surface area contributed by atoms with Gasteiger partial charge in [0.1, 0.15) is 0 Å². The van der Waals surface area contributed by atoms with Crippen LogP contribution in [0.2, 0.25) is 0 Å². The van der Waals surface area contributed by atoms with Gasteiger partial charge in [-0.3, -0.25) is 4.99 Å². The molecule has 0 aliphatic carbocycles. The monoisotopic (exact) mass is 249 g/mol. The highest BCUT2D eigenvalue weighted by molar-refractivity contribution is 7.99. The molecule has 0 bridgehead atoms. The summed E-state index contributed by atoms with van der Waals surface area (Å²) in [7, 11) is 0. The van der Waals surface area contributed by atoms with Gasteiger partial charge < -0.3 is 5.11 Å². The highest BCUT2D eigenvalue weighted by atomic mass is 32.2. The first kappa shape index (κ1) is 12.9. The van der Waals surface area contributed by atoms with Crippen LogP contribution in [0.4, 0.5) is 18.9 Å². The van der Waals surface area contributed by atoms with Crippen molar-refractivity contribution in [2.24, 2.45) is 4.99 Å². The predicted molar refractivity (Wildman–Crippen MR) is 58.6 cm³/mol. The summed E-state index contributed by atoms with van der Waals surface area (Å²) in [5, 5.41) is 9.11. The number of aromatic hydroxyl groups is 1. The van der Waals surface area contributed by atoms with E-state index in [0.29, 0.717) is 11.8 Å². The standard InChI is InChI=1S/C10H10F3NOS/c1-10(12,13)5-16-9-6(14-2)3-4-7(15)8(9)11/h3-4,15H,2,5H2,1H3. The summed E-state index contributed by atoms with van der Waals surface area (Å²) in [6.45, 7) is 3.95. The number of hydrogen-bond donors (Lipinski definition) is 1. The van der Waals surface area contributed by atoms with Crippen molar-refractivity contribution in [3.63, 3.8) is 0 Å². The number of phenolic OH excluding ortho intramolecular Hbond substituents is 1. The number of hydrogen-bond acceptors (Lipinski definition) is 3. The molecule has 0 spiro atoms. The van der Waals surface area contributed by atoms with Crippen LogP contribution in [0.3, 0.4) is 0 Å². The lowest BCUT2D eigenvalue weighted by molar-refractivity contribution is 0.0492. The van der Waals surface area contributed by atoms with Crippen molar-refractivity contribution in [1.82, 2.24) is 0 Å². The molecule has 1 aromatic carbocycles. The second-order valence-electron chi connectivity index (χ2n) is 3.26. The second kappa shape index (κ2) is 4.78. The Bertz CT molecular complexity index is 404. The van der Waals surface area contributed by atoms with E-state index < -0.39 is 23.2 Å². The van der Waals surface area contributed by atoms with Crippen molar-refractivity contribution in [2.75, 3.05) is 5.75 Å². The van der Waals surface area contributed by atoms with Gasteiger partial charge in [0, 0.05) is 6.92 Å². The lowest BCUT2D eigenvalue weighted by atomic mass is 10.3. The lowest BCUT2D eigenvalue weighted by Crippen LogP contribution is -2.12. The quantitative estimate of drug-likeness (QED) is 0.653. The molecule has 88 valence electrons. The van der Waals surface area contributed by atoms with Gasteiger partial charge in [-0.05, 0) is 18.9 Å². The van der Waals surface area contributed by atoms with Gasteiger partial charge in [-0.25, -0.2) is 13.2 Å². The van der Waals surface area contributed by atoms with Crippen LogP contribution < -0.4 is 0 Å². The van der Waals surface area contributed by atoms with E-state index in [4.69, 9.17) is 5.11 Å². The first-order valence-electron chi connectivity index (χ1n) is 4.34. The maximum absolute atomic E-state index is 13.4. The minimum absolute atomic E-state index is 0.114. The highest BCUT2D eigenvalue weighted by Crippen LogP contribution is 2.38. The fourth-order valence-electron chi connectivity index (χ4n) is 0.996. The van der Waals surface area contributed by atoms with Gasteiger partial charge in [-0.2, -0.15) is 0 Å². The van der Waals surface area contributed by atoms with E-state index in [2.05, 4.69) is 11.7 Å². The third kappa shape index (κ3) is 3.16. The molecule has 2 nitrogen and oxygen atoms in total. The molecular formula is C10H10F3NOS. The Kier molecular flexibility index (Phi) is 3.85. The second-order valence-corrected chi connectivity index (χ2v) is 4.25. The van der Waals surface area contributed by atoms with Crippen LogP contribution in [-0.4, -0.2) is 23.5 Å². The minimum Gasteiger partial charge on any atom is -0.505 e. The summed E-state index contributed by atoms with van der Waals surface area (Å²) in [6, 6.07) is 2.43. The van der Waals surface area contributed by atoms with Crippen molar-refractivity contribution >= 4 is 24.2 Å². The average Bonchev–Trinajstić information content (AvgIpc) is 2.19. The van der Waals surface area contributed by atoms with Gasteiger partial charge in [0.15, 0.2) is 11.6 Å². The van der Waals surface area contributed by atoms with Crippen LogP contribution in [0, 0.1) is 5.82 Å². The number of aliphatic imine (C=N–C) groups is 1. The molecule has 1 rings (SSSR count). The Hall–Kier alpha value is -1.17. The number of phenols is 1. The minimum atomic E-state index is -2.92. The van der Waals surface area contributed by atoms with Crippen LogP contribution in [0.25, 0.3) is 0 Å². The fraction of sp³-hybridized carbons (Fsp3) is 0.300. The molecule has 0 fully saturated rings. The van der Waals surface area contributed by atoms with Crippen LogP contribution in [0.1, 0.15) is 6.92 Å². The largest absolute Gasteiger partial charge is 0.505 e. The van der Waals surface area contributed by atoms with Gasteiger partial charge in [-0.1, -0.05) is 0 Å². The molecule has 0 amide bonds. The Morgan fingerprint density at radius 1 is 1.50 bits per heavy atom. The van der Waals surface area contributed by atoms with E-state index in [1.165, 1.54) is 6.07 Å². The zero-order valence-corrected chi connectivity index (χ0v) is 9.32. The summed E-state index contributed by atoms with van der Waals surface area (Å²) in [5.74, 6) is -5.04. The van der Waals surface area contributed by atoms with Crippen LogP contribution in [0.5, 0.6) is 5.75 Å². The molecule has 1 N–H and O–H groups in total. The first-order valence-corrected chi connectivity index (χ1v) is 5.32. The van der Waals surface area contributed by atoms with Crippen molar-refractivity contribution in [3.05, 3.63) is 17.9 Å². The molecule has 6 heteroatoms. The van der Waals surface area contributed by atoms with Crippen molar-refractivity contribution in [1.29, 1.82) is 0 Å². The normalized spacial score (nSPS) is 11.5. The van der Waals surface area contributed by atoms with E-state index in [0.717, 1.165) is 13.0 Å². The fourth-order valence-corrected chi connectivity index (χ4v) is 1.91. The molecule has 16 heavy (non-hydrogen) atoms. The van der Waals surface area contributed by atoms with E-state index in [9.17, 15) is 13.2 Å². The van der Waals surface area contributed by atoms with Crippen LogP contribution >= 0.6 is 11.8 Å². The Labute approximate surface area is 95.2 Å². The molecule has 0 heterocycles. The van der Waals surface area contributed by atoms with Gasteiger partial charge in [0.25, 0.3) is 5.92 Å². The molecule has 0 aromatic heterocycles. The molecule has 0 aliphatic heterocycles. The summed E-state index contributed by atoms with van der Waals surface area (Å²) >= 11 is 0.601. The molecule has 1 aromatic rings. The zero-order valence-electron chi connectivity index (χ0n) is 8.51. The zero-order chi connectivity index (χ0) is 12.3. The number of halogens is 3. The molecule has 0 aliphatic rings. The summed E-state index contributed by atoms with van der Waals surface area (Å²) in [5.41, 5.74) is 0.143. The SMILES string of the molecule is C=Nc1ccc(O)c(F)c1SCC(C)(F)F. The van der Waals surface area contributed by atoms with Crippen molar-refractivity contribution < 1.29 is 18.3 Å². The topological polar surface area (TPSA) is 32.6 Å². The molecule has 0 unspecified atom stereocenters. The third-order valence-corrected chi connectivity index (χ3v) is 3.02. The lowest BCUT2D eigenvalue weighted by Gasteiger charge is -2.11. The van der Waals surface area contributed by atoms with Crippen LogP contribution in [0.15, 0.2) is 22.0 Å². The number of thioether (sulfide) groups is 1. The molecular weight excluding hydrogens is 239 g/mol. The van der Waals surface area contributed by atoms with Crippen molar-refractivity contribution in [2.45, 2.75) is 17.7 Å².